The summed E-state index contributed by atoms with van der Waals surface area (Å²) in [5.41, 5.74) is 2.26. The average molecular weight is 295 g/mol. The maximum absolute atomic E-state index is 14.2. The molecule has 2 aromatic carbocycles. The second-order valence-corrected chi connectivity index (χ2v) is 4.88. The van der Waals surface area contributed by atoms with Gasteiger partial charge in [-0.1, -0.05) is 24.3 Å². The van der Waals surface area contributed by atoms with Crippen LogP contribution < -0.4 is 9.47 Å². The number of ether oxygens (including phenoxy) is 2. The van der Waals surface area contributed by atoms with Crippen LogP contribution in [0.1, 0.15) is 22.1 Å². The van der Waals surface area contributed by atoms with E-state index in [1.54, 1.807) is 6.07 Å². The number of hydrogen-bond acceptors (Lipinski definition) is 2. The molecule has 0 radical (unpaired) electrons. The molecule has 0 spiro atoms. The summed E-state index contributed by atoms with van der Waals surface area (Å²) < 4.78 is 24.5. The van der Waals surface area contributed by atoms with Crippen LogP contribution in [0.2, 0.25) is 0 Å². The first kappa shape index (κ1) is 14.7. The largest absolute Gasteiger partial charge is 0.493 e. The monoisotopic (exact) mass is 294 g/mol. The maximum Gasteiger partial charge on any atom is 0.163 e. The van der Waals surface area contributed by atoms with Gasteiger partial charge in [0, 0.05) is 11.6 Å². The van der Waals surface area contributed by atoms with Crippen molar-refractivity contribution in [2.45, 2.75) is 12.3 Å². The first-order valence-corrected chi connectivity index (χ1v) is 6.63. The fourth-order valence-electron chi connectivity index (χ4n) is 2.10. The van der Waals surface area contributed by atoms with E-state index in [4.69, 9.17) is 21.1 Å². The second kappa shape index (κ2) is 6.14. The zero-order valence-electron chi connectivity index (χ0n) is 11.6. The van der Waals surface area contributed by atoms with Gasteiger partial charge in [0.15, 0.2) is 11.5 Å². The van der Waals surface area contributed by atoms with Crippen LogP contribution in [0.5, 0.6) is 11.5 Å². The molecule has 0 fully saturated rings. The lowest BCUT2D eigenvalue weighted by Crippen LogP contribution is -2.01. The fourth-order valence-corrected chi connectivity index (χ4v) is 2.51. The van der Waals surface area contributed by atoms with E-state index in [2.05, 4.69) is 0 Å². The van der Waals surface area contributed by atoms with Crippen molar-refractivity contribution in [1.29, 1.82) is 0 Å². The predicted octanol–water partition coefficient (Wildman–Crippen LogP) is 4.48. The molecular weight excluding hydrogens is 279 g/mol. The Bertz CT molecular complexity index is 613. The molecule has 0 aliphatic rings. The highest BCUT2D eigenvalue weighted by atomic mass is 35.5. The highest BCUT2D eigenvalue weighted by Gasteiger charge is 2.20. The number of alkyl halides is 1. The van der Waals surface area contributed by atoms with Gasteiger partial charge in [0.2, 0.25) is 0 Å². The molecule has 0 amide bonds. The molecule has 1 atom stereocenters. The molecule has 2 nitrogen and oxygen atoms in total. The van der Waals surface area contributed by atoms with Gasteiger partial charge in [0.1, 0.15) is 5.82 Å². The Kier molecular flexibility index (Phi) is 4.50. The van der Waals surface area contributed by atoms with Gasteiger partial charge in [-0.25, -0.2) is 4.39 Å². The summed E-state index contributed by atoms with van der Waals surface area (Å²) in [6.45, 7) is 1.95. The van der Waals surface area contributed by atoms with Gasteiger partial charge < -0.3 is 9.47 Å². The van der Waals surface area contributed by atoms with Gasteiger partial charge >= 0.3 is 0 Å². The standard InChI is InChI=1S/C16H16ClFO2/c1-10-6-4-5-7-11(10)16(17)12-8-14(19-2)15(20-3)9-13(12)18/h4-9,16H,1-3H3. The van der Waals surface area contributed by atoms with Crippen LogP contribution in [-0.4, -0.2) is 14.2 Å². The Morgan fingerprint density at radius 3 is 2.20 bits per heavy atom. The van der Waals surface area contributed by atoms with E-state index in [9.17, 15) is 4.39 Å². The highest BCUT2D eigenvalue weighted by molar-refractivity contribution is 6.22. The van der Waals surface area contributed by atoms with Crippen molar-refractivity contribution >= 4 is 11.6 Å². The first-order chi connectivity index (χ1) is 9.58. The minimum Gasteiger partial charge on any atom is -0.493 e. The zero-order chi connectivity index (χ0) is 14.7. The number of benzene rings is 2. The average Bonchev–Trinajstić information content (AvgIpc) is 2.46. The van der Waals surface area contributed by atoms with Crippen LogP contribution in [0.4, 0.5) is 4.39 Å². The molecule has 0 heterocycles. The summed E-state index contributed by atoms with van der Waals surface area (Å²) in [5, 5.41) is -0.573. The summed E-state index contributed by atoms with van der Waals surface area (Å²) >= 11 is 6.43. The minimum absolute atomic E-state index is 0.349. The van der Waals surface area contributed by atoms with Crippen molar-refractivity contribution in [1.82, 2.24) is 0 Å². The molecule has 1 unspecified atom stereocenters. The third kappa shape index (κ3) is 2.73. The maximum atomic E-state index is 14.2. The first-order valence-electron chi connectivity index (χ1n) is 6.19. The molecule has 0 N–H and O–H groups in total. The Labute approximate surface area is 123 Å². The van der Waals surface area contributed by atoms with E-state index < -0.39 is 11.2 Å². The number of methoxy groups -OCH3 is 2. The second-order valence-electron chi connectivity index (χ2n) is 4.45. The Hall–Kier alpha value is -1.74. The molecule has 4 heteroatoms. The molecule has 2 rings (SSSR count). The van der Waals surface area contributed by atoms with Crippen molar-refractivity contribution in [2.75, 3.05) is 14.2 Å². The molecule has 0 aliphatic carbocycles. The lowest BCUT2D eigenvalue weighted by molar-refractivity contribution is 0.351. The van der Waals surface area contributed by atoms with Crippen LogP contribution in [0, 0.1) is 12.7 Å². The number of halogens is 2. The van der Waals surface area contributed by atoms with Crippen LogP contribution in [0.15, 0.2) is 36.4 Å². The molecule has 0 saturated heterocycles. The summed E-state index contributed by atoms with van der Waals surface area (Å²) in [4.78, 5) is 0. The van der Waals surface area contributed by atoms with Crippen LogP contribution in [0.25, 0.3) is 0 Å². The molecular formula is C16H16ClFO2. The molecule has 2 aromatic rings. The molecule has 20 heavy (non-hydrogen) atoms. The Morgan fingerprint density at radius 1 is 1.00 bits per heavy atom. The van der Waals surface area contributed by atoms with Gasteiger partial charge in [0.05, 0.1) is 19.6 Å². The van der Waals surface area contributed by atoms with Crippen LogP contribution >= 0.6 is 11.6 Å². The molecule has 0 aliphatic heterocycles. The topological polar surface area (TPSA) is 18.5 Å². The quantitative estimate of drug-likeness (QED) is 0.774. The van der Waals surface area contributed by atoms with Crippen LogP contribution in [-0.2, 0) is 0 Å². The third-order valence-electron chi connectivity index (χ3n) is 3.24. The van der Waals surface area contributed by atoms with Gasteiger partial charge in [-0.2, -0.15) is 0 Å². The smallest absolute Gasteiger partial charge is 0.163 e. The SMILES string of the molecule is COc1cc(F)c(C(Cl)c2ccccc2C)cc1OC. The fraction of sp³-hybridized carbons (Fsp3) is 0.250. The Morgan fingerprint density at radius 2 is 1.60 bits per heavy atom. The lowest BCUT2D eigenvalue weighted by atomic mass is 9.99. The zero-order valence-corrected chi connectivity index (χ0v) is 12.4. The van der Waals surface area contributed by atoms with E-state index in [-0.39, 0.29) is 0 Å². The van der Waals surface area contributed by atoms with Gasteiger partial charge in [-0.15, -0.1) is 11.6 Å². The normalized spacial score (nSPS) is 12.1. The van der Waals surface area contributed by atoms with Gasteiger partial charge in [0.25, 0.3) is 0 Å². The highest BCUT2D eigenvalue weighted by Crippen LogP contribution is 2.38. The summed E-state index contributed by atoms with van der Waals surface area (Å²) in [6.07, 6.45) is 0. The molecule has 0 bridgehead atoms. The number of hydrogen-bond donors (Lipinski definition) is 0. The van der Waals surface area contributed by atoms with Crippen molar-refractivity contribution in [3.8, 4) is 11.5 Å². The summed E-state index contributed by atoms with van der Waals surface area (Å²) in [6, 6.07) is 10.5. The number of rotatable bonds is 4. The summed E-state index contributed by atoms with van der Waals surface area (Å²) in [5.74, 6) is 0.399. The van der Waals surface area contributed by atoms with E-state index >= 15 is 0 Å². The van der Waals surface area contributed by atoms with Crippen molar-refractivity contribution in [3.05, 3.63) is 58.9 Å². The molecule has 106 valence electrons. The number of aryl methyl sites for hydroxylation is 1. The van der Waals surface area contributed by atoms with Gasteiger partial charge in [-0.3, -0.25) is 0 Å². The van der Waals surface area contributed by atoms with Crippen LogP contribution in [0.3, 0.4) is 0 Å². The minimum atomic E-state index is -0.573. The van der Waals surface area contributed by atoms with E-state index in [0.717, 1.165) is 11.1 Å². The Balaban J connectivity index is 2.50. The van der Waals surface area contributed by atoms with Crippen molar-refractivity contribution < 1.29 is 13.9 Å². The van der Waals surface area contributed by atoms with E-state index in [1.807, 2.05) is 31.2 Å². The van der Waals surface area contributed by atoms with Crippen molar-refractivity contribution in [2.24, 2.45) is 0 Å². The predicted molar refractivity (Wildman–Crippen MR) is 78.4 cm³/mol. The third-order valence-corrected chi connectivity index (χ3v) is 3.71. The molecule has 0 saturated carbocycles. The lowest BCUT2D eigenvalue weighted by Gasteiger charge is -2.16. The van der Waals surface area contributed by atoms with Gasteiger partial charge in [-0.05, 0) is 24.1 Å². The van der Waals surface area contributed by atoms with E-state index in [1.165, 1.54) is 20.3 Å². The summed E-state index contributed by atoms with van der Waals surface area (Å²) in [7, 11) is 2.98. The molecule has 0 aromatic heterocycles. The van der Waals surface area contributed by atoms with Crippen molar-refractivity contribution in [3.63, 3.8) is 0 Å². The van der Waals surface area contributed by atoms with E-state index in [0.29, 0.717) is 17.1 Å².